The maximum atomic E-state index is 11.6. The van der Waals surface area contributed by atoms with Gasteiger partial charge in [-0.15, -0.1) is 0 Å². The first kappa shape index (κ1) is 10.8. The van der Waals surface area contributed by atoms with Crippen molar-refractivity contribution >= 4 is 22.2 Å². The van der Waals surface area contributed by atoms with Gasteiger partial charge in [-0.25, -0.2) is 4.98 Å². The highest BCUT2D eigenvalue weighted by molar-refractivity contribution is 9.10. The molecule has 0 saturated heterocycles. The minimum absolute atomic E-state index is 0.195. The molecule has 2 rings (SSSR count). The van der Waals surface area contributed by atoms with Gasteiger partial charge in [-0.1, -0.05) is 0 Å². The average molecular weight is 283 g/mol. The smallest absolute Gasteiger partial charge is 0.268 e. The van der Waals surface area contributed by atoms with Crippen LogP contribution in [-0.2, 0) is 6.54 Å². The quantitative estimate of drug-likeness (QED) is 0.800. The summed E-state index contributed by atoms with van der Waals surface area (Å²) in [6.45, 7) is 0.249. The molecule has 0 saturated carbocycles. The van der Waals surface area contributed by atoms with Crippen LogP contribution in [0.2, 0.25) is 0 Å². The lowest BCUT2D eigenvalue weighted by atomic mass is 10.4. The number of aromatic nitrogens is 2. The molecule has 5 nitrogen and oxygen atoms in total. The van der Waals surface area contributed by atoms with Gasteiger partial charge in [-0.3, -0.25) is 14.2 Å². The zero-order valence-corrected chi connectivity index (χ0v) is 9.68. The highest BCUT2D eigenvalue weighted by Gasteiger charge is 2.05. The summed E-state index contributed by atoms with van der Waals surface area (Å²) in [5.74, 6) is 0.773. The zero-order chi connectivity index (χ0) is 11.5. The molecule has 0 aliphatic carbocycles. The molecule has 6 heteroatoms. The molecule has 0 bridgehead atoms. The first-order valence-corrected chi connectivity index (χ1v) is 5.24. The van der Waals surface area contributed by atoms with Crippen molar-refractivity contribution in [3.63, 3.8) is 0 Å². The van der Waals surface area contributed by atoms with Crippen molar-refractivity contribution in [2.45, 2.75) is 6.54 Å². The Morgan fingerprint density at radius 3 is 3.00 bits per heavy atom. The van der Waals surface area contributed by atoms with Crippen LogP contribution in [0.4, 0.5) is 0 Å². The van der Waals surface area contributed by atoms with Gasteiger partial charge in [0.15, 0.2) is 12.0 Å². The van der Waals surface area contributed by atoms with Gasteiger partial charge < -0.3 is 4.42 Å². The third-order valence-electron chi connectivity index (χ3n) is 1.98. The van der Waals surface area contributed by atoms with Crippen LogP contribution in [0, 0.1) is 0 Å². The van der Waals surface area contributed by atoms with Crippen molar-refractivity contribution in [2.75, 3.05) is 0 Å². The predicted molar refractivity (Wildman–Crippen MR) is 59.4 cm³/mol. The molecule has 0 aliphatic heterocycles. The lowest BCUT2D eigenvalue weighted by molar-refractivity contribution is 0.109. The van der Waals surface area contributed by atoms with E-state index in [4.69, 9.17) is 4.42 Å². The van der Waals surface area contributed by atoms with Crippen LogP contribution in [-0.4, -0.2) is 15.8 Å². The van der Waals surface area contributed by atoms with E-state index in [0.29, 0.717) is 16.5 Å². The zero-order valence-electron chi connectivity index (χ0n) is 8.09. The summed E-state index contributed by atoms with van der Waals surface area (Å²) >= 11 is 3.10. The maximum absolute atomic E-state index is 11.6. The third-order valence-corrected chi connectivity index (χ3v) is 2.53. The van der Waals surface area contributed by atoms with Gasteiger partial charge in [0.2, 0.25) is 0 Å². The number of halogens is 1. The van der Waals surface area contributed by atoms with E-state index in [9.17, 15) is 9.59 Å². The molecule has 0 radical (unpaired) electrons. The second-order valence-electron chi connectivity index (χ2n) is 3.10. The summed E-state index contributed by atoms with van der Waals surface area (Å²) in [7, 11) is 0. The van der Waals surface area contributed by atoms with Crippen LogP contribution < -0.4 is 5.56 Å². The second kappa shape index (κ2) is 4.44. The van der Waals surface area contributed by atoms with Gasteiger partial charge >= 0.3 is 0 Å². The fraction of sp³-hybridized carbons (Fsp3) is 0.100. The molecule has 0 N–H and O–H groups in total. The number of carbonyl (C=O) groups excluding carboxylic acids is 1. The molecule has 0 fully saturated rings. The lowest BCUT2D eigenvalue weighted by Crippen LogP contribution is -2.20. The summed E-state index contributed by atoms with van der Waals surface area (Å²) < 4.78 is 6.93. The van der Waals surface area contributed by atoms with Crippen LogP contribution in [0.1, 0.15) is 16.3 Å². The Bertz CT molecular complexity index is 573. The van der Waals surface area contributed by atoms with Crippen LogP contribution in [0.25, 0.3) is 0 Å². The summed E-state index contributed by atoms with van der Waals surface area (Å²) in [6, 6.07) is 3.20. The molecule has 2 aromatic rings. The van der Waals surface area contributed by atoms with Crippen LogP contribution in [0.3, 0.4) is 0 Å². The Morgan fingerprint density at radius 2 is 2.31 bits per heavy atom. The highest BCUT2D eigenvalue weighted by Crippen LogP contribution is 2.07. The van der Waals surface area contributed by atoms with Crippen molar-refractivity contribution in [3.8, 4) is 0 Å². The fourth-order valence-electron chi connectivity index (χ4n) is 1.25. The standard InChI is InChI=1S/C10H7BrN2O3/c11-9-3-12-6-13(10(9)15)4-7-1-2-8(5-14)16-7/h1-3,5-6H,4H2. The second-order valence-corrected chi connectivity index (χ2v) is 3.95. The predicted octanol–water partition coefficient (Wildman–Crippen LogP) is 1.46. The van der Waals surface area contributed by atoms with Crippen molar-refractivity contribution in [1.82, 2.24) is 9.55 Å². The Hall–Kier alpha value is -1.69. The number of nitrogens with zero attached hydrogens (tertiary/aromatic N) is 2. The van der Waals surface area contributed by atoms with Crippen LogP contribution in [0.5, 0.6) is 0 Å². The van der Waals surface area contributed by atoms with E-state index in [-0.39, 0.29) is 17.9 Å². The molecule has 0 aliphatic rings. The molecular weight excluding hydrogens is 276 g/mol. The van der Waals surface area contributed by atoms with Crippen molar-refractivity contribution in [3.05, 3.63) is 51.0 Å². The van der Waals surface area contributed by atoms with Crippen LogP contribution >= 0.6 is 15.9 Å². The normalized spacial score (nSPS) is 10.3. The third kappa shape index (κ3) is 2.11. The molecule has 0 spiro atoms. The number of carbonyl (C=O) groups is 1. The van der Waals surface area contributed by atoms with E-state index in [1.54, 1.807) is 12.1 Å². The molecule has 0 aromatic carbocycles. The highest BCUT2D eigenvalue weighted by atomic mass is 79.9. The molecule has 2 aromatic heterocycles. The molecule has 0 atom stereocenters. The van der Waals surface area contributed by atoms with Gasteiger partial charge in [0.25, 0.3) is 5.56 Å². The lowest BCUT2D eigenvalue weighted by Gasteiger charge is -2.01. The molecule has 16 heavy (non-hydrogen) atoms. The Balaban J connectivity index is 2.30. The first-order valence-electron chi connectivity index (χ1n) is 4.44. The number of hydrogen-bond acceptors (Lipinski definition) is 4. The van der Waals surface area contributed by atoms with Gasteiger partial charge in [-0.05, 0) is 28.1 Å². The van der Waals surface area contributed by atoms with E-state index < -0.39 is 0 Å². The minimum Gasteiger partial charge on any atom is -0.456 e. The van der Waals surface area contributed by atoms with Crippen molar-refractivity contribution in [2.24, 2.45) is 0 Å². The number of rotatable bonds is 3. The van der Waals surface area contributed by atoms with E-state index in [1.807, 2.05) is 0 Å². The Labute approximate surface area is 98.9 Å². The molecule has 0 unspecified atom stereocenters. The molecular formula is C10H7BrN2O3. The SMILES string of the molecule is O=Cc1ccc(Cn2cncc(Br)c2=O)o1. The average Bonchev–Trinajstić information content (AvgIpc) is 2.73. The maximum Gasteiger partial charge on any atom is 0.268 e. The monoisotopic (exact) mass is 282 g/mol. The van der Waals surface area contributed by atoms with Gasteiger partial charge in [0.1, 0.15) is 10.2 Å². The first-order chi connectivity index (χ1) is 7.70. The summed E-state index contributed by atoms with van der Waals surface area (Å²) in [6.07, 6.45) is 3.46. The van der Waals surface area contributed by atoms with Gasteiger partial charge in [0, 0.05) is 6.20 Å². The van der Waals surface area contributed by atoms with Crippen LogP contribution in [0.15, 0.2) is 38.3 Å². The largest absolute Gasteiger partial charge is 0.456 e. The Morgan fingerprint density at radius 1 is 1.50 bits per heavy atom. The number of hydrogen-bond donors (Lipinski definition) is 0. The summed E-state index contributed by atoms with van der Waals surface area (Å²) in [5.41, 5.74) is -0.195. The van der Waals surface area contributed by atoms with E-state index >= 15 is 0 Å². The summed E-state index contributed by atoms with van der Waals surface area (Å²) in [5, 5.41) is 0. The van der Waals surface area contributed by atoms with E-state index in [2.05, 4.69) is 20.9 Å². The van der Waals surface area contributed by atoms with E-state index in [1.165, 1.54) is 17.1 Å². The van der Waals surface area contributed by atoms with E-state index in [0.717, 1.165) is 0 Å². The Kier molecular flexibility index (Phi) is 3.00. The topological polar surface area (TPSA) is 65.1 Å². The molecule has 82 valence electrons. The van der Waals surface area contributed by atoms with Gasteiger partial charge in [-0.2, -0.15) is 0 Å². The van der Waals surface area contributed by atoms with Gasteiger partial charge in [0.05, 0.1) is 12.9 Å². The van der Waals surface area contributed by atoms with Crippen molar-refractivity contribution in [1.29, 1.82) is 0 Å². The minimum atomic E-state index is -0.195. The molecule has 2 heterocycles. The summed E-state index contributed by atoms with van der Waals surface area (Å²) in [4.78, 5) is 25.9. The fourth-order valence-corrected chi connectivity index (χ4v) is 1.59. The number of furan rings is 1. The van der Waals surface area contributed by atoms with Crippen molar-refractivity contribution < 1.29 is 9.21 Å². The number of aldehydes is 1. The molecule has 0 amide bonds.